The minimum absolute atomic E-state index is 0.122. The Hall–Kier alpha value is -2.56. The smallest absolute Gasteiger partial charge is 0.223 e. The number of carbonyl (C=O) groups is 1. The van der Waals surface area contributed by atoms with E-state index in [9.17, 15) is 9.18 Å². The molecule has 0 heterocycles. The first-order valence-electron chi connectivity index (χ1n) is 6.63. The Bertz CT molecular complexity index is 599. The van der Waals surface area contributed by atoms with Crippen molar-refractivity contribution in [2.24, 2.45) is 0 Å². The van der Waals surface area contributed by atoms with E-state index in [4.69, 9.17) is 10.5 Å². The van der Waals surface area contributed by atoms with Crippen LogP contribution in [-0.4, -0.2) is 12.5 Å². The third-order valence-electron chi connectivity index (χ3n) is 2.86. The topological polar surface area (TPSA) is 64.3 Å². The number of ether oxygens (including phenoxy) is 1. The number of carbonyl (C=O) groups excluding carboxylic acids is 1. The molecule has 110 valence electrons. The number of halogens is 1. The fourth-order valence-corrected chi connectivity index (χ4v) is 1.76. The Balaban J connectivity index is 1.69. The van der Waals surface area contributed by atoms with Gasteiger partial charge in [-0.1, -0.05) is 18.2 Å². The number of nitrogen functional groups attached to an aromatic ring is 1. The van der Waals surface area contributed by atoms with Crippen LogP contribution in [0.2, 0.25) is 0 Å². The Morgan fingerprint density at radius 2 is 1.95 bits per heavy atom. The first kappa shape index (κ1) is 14.8. The minimum Gasteiger partial charge on any atom is -0.493 e. The molecule has 5 heteroatoms. The maximum absolute atomic E-state index is 12.7. The third kappa shape index (κ3) is 5.14. The molecular weight excluding hydrogens is 271 g/mol. The van der Waals surface area contributed by atoms with Gasteiger partial charge in [-0.3, -0.25) is 4.79 Å². The van der Waals surface area contributed by atoms with E-state index in [1.54, 1.807) is 36.4 Å². The Labute approximate surface area is 122 Å². The van der Waals surface area contributed by atoms with Gasteiger partial charge in [-0.05, 0) is 29.8 Å². The summed E-state index contributed by atoms with van der Waals surface area (Å²) in [4.78, 5) is 11.7. The molecule has 2 aromatic rings. The highest BCUT2D eigenvalue weighted by molar-refractivity contribution is 5.76. The second-order valence-corrected chi connectivity index (χ2v) is 4.57. The number of hydrogen-bond acceptors (Lipinski definition) is 3. The van der Waals surface area contributed by atoms with Gasteiger partial charge >= 0.3 is 0 Å². The van der Waals surface area contributed by atoms with Crippen molar-refractivity contribution in [3.63, 3.8) is 0 Å². The van der Waals surface area contributed by atoms with Gasteiger partial charge in [-0.15, -0.1) is 0 Å². The summed E-state index contributed by atoms with van der Waals surface area (Å²) in [5, 5.41) is 2.75. The van der Waals surface area contributed by atoms with Gasteiger partial charge in [-0.25, -0.2) is 4.39 Å². The van der Waals surface area contributed by atoms with Crippen LogP contribution in [-0.2, 0) is 11.3 Å². The van der Waals surface area contributed by atoms with E-state index in [1.807, 2.05) is 0 Å². The molecule has 21 heavy (non-hydrogen) atoms. The van der Waals surface area contributed by atoms with Crippen LogP contribution in [0.5, 0.6) is 5.75 Å². The van der Waals surface area contributed by atoms with Crippen molar-refractivity contribution in [3.8, 4) is 5.75 Å². The second kappa shape index (κ2) is 7.28. The highest BCUT2D eigenvalue weighted by atomic mass is 19.1. The number of benzene rings is 2. The minimum atomic E-state index is -0.291. The molecule has 2 aromatic carbocycles. The zero-order chi connectivity index (χ0) is 15.1. The molecular formula is C16H17FN2O2. The summed E-state index contributed by atoms with van der Waals surface area (Å²) in [6, 6.07) is 13.1. The maximum Gasteiger partial charge on any atom is 0.223 e. The summed E-state index contributed by atoms with van der Waals surface area (Å²) in [5.74, 6) is 0.227. The number of amides is 1. The highest BCUT2D eigenvalue weighted by Crippen LogP contribution is 2.14. The summed E-state index contributed by atoms with van der Waals surface area (Å²) in [7, 11) is 0. The SMILES string of the molecule is Nc1cccc(OCCC(=O)NCc2ccc(F)cc2)c1. The third-order valence-corrected chi connectivity index (χ3v) is 2.86. The average Bonchev–Trinajstić information content (AvgIpc) is 2.47. The summed E-state index contributed by atoms with van der Waals surface area (Å²) < 4.78 is 18.2. The molecule has 3 N–H and O–H groups in total. The molecule has 4 nitrogen and oxygen atoms in total. The summed E-state index contributed by atoms with van der Waals surface area (Å²) >= 11 is 0. The number of nitrogens with one attached hydrogen (secondary N) is 1. The second-order valence-electron chi connectivity index (χ2n) is 4.57. The van der Waals surface area contributed by atoms with E-state index in [0.717, 1.165) is 5.56 Å². The number of nitrogens with two attached hydrogens (primary N) is 1. The molecule has 0 aromatic heterocycles. The van der Waals surface area contributed by atoms with Crippen LogP contribution >= 0.6 is 0 Å². The first-order valence-corrected chi connectivity index (χ1v) is 6.63. The lowest BCUT2D eigenvalue weighted by Crippen LogP contribution is -2.24. The lowest BCUT2D eigenvalue weighted by atomic mass is 10.2. The first-order chi connectivity index (χ1) is 10.1. The highest BCUT2D eigenvalue weighted by Gasteiger charge is 2.02. The Morgan fingerprint density at radius 1 is 1.19 bits per heavy atom. The van der Waals surface area contributed by atoms with Crippen LogP contribution in [0.1, 0.15) is 12.0 Å². The molecule has 0 atom stereocenters. The van der Waals surface area contributed by atoms with Gasteiger partial charge in [0, 0.05) is 18.3 Å². The zero-order valence-corrected chi connectivity index (χ0v) is 11.5. The van der Waals surface area contributed by atoms with Crippen molar-refractivity contribution in [1.82, 2.24) is 5.32 Å². The van der Waals surface area contributed by atoms with Crippen molar-refractivity contribution >= 4 is 11.6 Å². The largest absolute Gasteiger partial charge is 0.493 e. The van der Waals surface area contributed by atoms with E-state index in [0.29, 0.717) is 18.0 Å². The fourth-order valence-electron chi connectivity index (χ4n) is 1.76. The molecule has 0 fully saturated rings. The fraction of sp³-hybridized carbons (Fsp3) is 0.188. The molecule has 0 spiro atoms. The van der Waals surface area contributed by atoms with E-state index >= 15 is 0 Å². The summed E-state index contributed by atoms with van der Waals surface area (Å²) in [6.45, 7) is 0.649. The number of anilines is 1. The molecule has 0 saturated carbocycles. The molecule has 0 unspecified atom stereocenters. The molecule has 1 amide bonds. The van der Waals surface area contributed by atoms with Crippen molar-refractivity contribution in [2.75, 3.05) is 12.3 Å². The van der Waals surface area contributed by atoms with Crippen molar-refractivity contribution < 1.29 is 13.9 Å². The van der Waals surface area contributed by atoms with E-state index in [-0.39, 0.29) is 24.8 Å². The Kier molecular flexibility index (Phi) is 5.15. The van der Waals surface area contributed by atoms with Crippen LogP contribution in [0.15, 0.2) is 48.5 Å². The summed E-state index contributed by atoms with van der Waals surface area (Å²) in [5.41, 5.74) is 7.09. The normalized spacial score (nSPS) is 10.1. The van der Waals surface area contributed by atoms with E-state index < -0.39 is 0 Å². The monoisotopic (exact) mass is 288 g/mol. The van der Waals surface area contributed by atoms with Crippen LogP contribution < -0.4 is 15.8 Å². The predicted octanol–water partition coefficient (Wildman–Crippen LogP) is 2.49. The van der Waals surface area contributed by atoms with Gasteiger partial charge in [0.05, 0.1) is 13.0 Å². The zero-order valence-electron chi connectivity index (χ0n) is 11.5. The van der Waals surface area contributed by atoms with Gasteiger partial charge in [0.15, 0.2) is 0 Å². The van der Waals surface area contributed by atoms with Crippen molar-refractivity contribution in [1.29, 1.82) is 0 Å². The average molecular weight is 288 g/mol. The van der Waals surface area contributed by atoms with E-state index in [2.05, 4.69) is 5.32 Å². The molecule has 0 bridgehead atoms. The van der Waals surface area contributed by atoms with Gasteiger partial charge in [0.25, 0.3) is 0 Å². The number of hydrogen-bond donors (Lipinski definition) is 2. The van der Waals surface area contributed by atoms with Gasteiger partial charge < -0.3 is 15.8 Å². The van der Waals surface area contributed by atoms with Gasteiger partial charge in [-0.2, -0.15) is 0 Å². The number of rotatable bonds is 6. The van der Waals surface area contributed by atoms with Crippen LogP contribution in [0.4, 0.5) is 10.1 Å². The molecule has 0 aliphatic carbocycles. The quantitative estimate of drug-likeness (QED) is 0.803. The molecule has 0 aliphatic heterocycles. The molecule has 2 rings (SSSR count). The summed E-state index contributed by atoms with van der Waals surface area (Å²) in [6.07, 6.45) is 0.246. The van der Waals surface area contributed by atoms with Crippen molar-refractivity contribution in [2.45, 2.75) is 13.0 Å². The van der Waals surface area contributed by atoms with E-state index in [1.165, 1.54) is 12.1 Å². The maximum atomic E-state index is 12.7. The Morgan fingerprint density at radius 3 is 2.67 bits per heavy atom. The van der Waals surface area contributed by atoms with Crippen LogP contribution in [0.25, 0.3) is 0 Å². The van der Waals surface area contributed by atoms with Gasteiger partial charge in [0.2, 0.25) is 5.91 Å². The lowest BCUT2D eigenvalue weighted by molar-refractivity contribution is -0.121. The molecule has 0 radical (unpaired) electrons. The van der Waals surface area contributed by atoms with Gasteiger partial charge in [0.1, 0.15) is 11.6 Å². The molecule has 0 saturated heterocycles. The van der Waals surface area contributed by atoms with Crippen LogP contribution in [0.3, 0.4) is 0 Å². The van der Waals surface area contributed by atoms with Crippen molar-refractivity contribution in [3.05, 3.63) is 59.9 Å². The lowest BCUT2D eigenvalue weighted by Gasteiger charge is -2.08. The molecule has 0 aliphatic rings. The predicted molar refractivity (Wildman–Crippen MR) is 79.2 cm³/mol. The standard InChI is InChI=1S/C16H17FN2O2/c17-13-6-4-12(5-7-13)11-19-16(20)8-9-21-15-3-1-2-14(18)10-15/h1-7,10H,8-9,11,18H2,(H,19,20). The van der Waals surface area contributed by atoms with Crippen LogP contribution in [0, 0.1) is 5.82 Å².